The van der Waals surface area contributed by atoms with E-state index in [1.165, 1.54) is 4.90 Å². The number of benzene rings is 3. The number of nitrogens with zero attached hydrogens (tertiary/aromatic N) is 1. The fourth-order valence-electron chi connectivity index (χ4n) is 4.83. The molecule has 2 heterocycles. The molecule has 3 aromatic carbocycles. The average molecular weight is 554 g/mol. The van der Waals surface area contributed by atoms with E-state index in [0.29, 0.717) is 27.9 Å². The Kier molecular flexibility index (Phi) is 6.99. The molecule has 1 aromatic heterocycles. The van der Waals surface area contributed by atoms with Crippen molar-refractivity contribution >= 4 is 40.8 Å². The quantitative estimate of drug-likeness (QED) is 0.275. The summed E-state index contributed by atoms with van der Waals surface area (Å²) in [5.41, 5.74) is 8.77. The lowest BCUT2D eigenvalue weighted by atomic mass is 9.81. The minimum atomic E-state index is -0.989. The van der Waals surface area contributed by atoms with Crippen LogP contribution in [0.15, 0.2) is 78.2 Å². The van der Waals surface area contributed by atoms with E-state index >= 15 is 0 Å². The molecule has 5 rings (SSSR count). The van der Waals surface area contributed by atoms with Gasteiger partial charge in [-0.05, 0) is 69.9 Å². The highest BCUT2D eigenvalue weighted by Gasteiger charge is 2.35. The van der Waals surface area contributed by atoms with Crippen LogP contribution in [0.1, 0.15) is 63.0 Å². The maximum absolute atomic E-state index is 13.4. The second-order valence-electron chi connectivity index (χ2n) is 10.4. The van der Waals surface area contributed by atoms with Crippen molar-refractivity contribution in [2.45, 2.75) is 32.7 Å². The molecule has 0 saturated carbocycles. The number of ether oxygens (including phenoxy) is 1. The summed E-state index contributed by atoms with van der Waals surface area (Å²) in [6.45, 7) is 6.12. The smallest absolute Gasteiger partial charge is 0.408 e. The predicted octanol–water partition coefficient (Wildman–Crippen LogP) is 6.22. The zero-order chi connectivity index (χ0) is 28.6. The molecule has 0 fully saturated rings. The molecular formula is C31H27N3O5S. The Morgan fingerprint density at radius 3 is 2.08 bits per heavy atom. The molecule has 1 aliphatic heterocycles. The van der Waals surface area contributed by atoms with Crippen LogP contribution in [-0.2, 0) is 12.0 Å². The average Bonchev–Trinajstić information content (AvgIpc) is 3.53. The number of nitrogens with two attached hydrogens (primary N) is 1. The van der Waals surface area contributed by atoms with Crippen molar-refractivity contribution in [1.29, 1.82) is 0 Å². The SMILES string of the molecule is CC(C)(C)c1c(-c2cccs2)ccc(OC(N)=O)c1NC(=O)c1ccc(CN2C(=O)c3ccccc3C2=O)cc1. The lowest BCUT2D eigenvalue weighted by Gasteiger charge is -2.27. The summed E-state index contributed by atoms with van der Waals surface area (Å²) in [5, 5.41) is 4.91. The third-order valence-electron chi connectivity index (χ3n) is 6.59. The van der Waals surface area contributed by atoms with E-state index in [0.717, 1.165) is 16.0 Å². The largest absolute Gasteiger partial charge is 0.410 e. The van der Waals surface area contributed by atoms with Crippen LogP contribution in [0, 0.1) is 0 Å². The molecule has 0 atom stereocenters. The van der Waals surface area contributed by atoms with Crippen molar-refractivity contribution in [2.24, 2.45) is 5.73 Å². The van der Waals surface area contributed by atoms with Crippen molar-refractivity contribution in [3.05, 3.63) is 106 Å². The van der Waals surface area contributed by atoms with Crippen LogP contribution in [0.25, 0.3) is 10.4 Å². The van der Waals surface area contributed by atoms with Crippen molar-refractivity contribution in [3.8, 4) is 16.2 Å². The number of amides is 4. The summed E-state index contributed by atoms with van der Waals surface area (Å²) >= 11 is 1.56. The predicted molar refractivity (Wildman–Crippen MR) is 154 cm³/mol. The maximum Gasteiger partial charge on any atom is 0.410 e. The minimum Gasteiger partial charge on any atom is -0.408 e. The van der Waals surface area contributed by atoms with Gasteiger partial charge in [-0.3, -0.25) is 19.3 Å². The summed E-state index contributed by atoms with van der Waals surface area (Å²) in [5.74, 6) is -0.960. The molecule has 4 amide bonds. The Morgan fingerprint density at radius 1 is 0.875 bits per heavy atom. The monoisotopic (exact) mass is 553 g/mol. The lowest BCUT2D eigenvalue weighted by Crippen LogP contribution is -2.29. The number of carbonyl (C=O) groups is 4. The summed E-state index contributed by atoms with van der Waals surface area (Å²) in [4.78, 5) is 52.8. The molecule has 0 radical (unpaired) electrons. The van der Waals surface area contributed by atoms with Crippen molar-refractivity contribution in [2.75, 3.05) is 5.32 Å². The minimum absolute atomic E-state index is 0.0852. The molecule has 9 heteroatoms. The van der Waals surface area contributed by atoms with Gasteiger partial charge in [0.05, 0.1) is 23.4 Å². The van der Waals surface area contributed by atoms with Crippen molar-refractivity contribution < 1.29 is 23.9 Å². The molecule has 4 aromatic rings. The van der Waals surface area contributed by atoms with Gasteiger partial charge in [-0.2, -0.15) is 0 Å². The molecule has 0 spiro atoms. The van der Waals surface area contributed by atoms with E-state index < -0.39 is 17.4 Å². The van der Waals surface area contributed by atoms with E-state index in [1.54, 1.807) is 65.9 Å². The van der Waals surface area contributed by atoms with Crippen LogP contribution < -0.4 is 15.8 Å². The molecule has 202 valence electrons. The van der Waals surface area contributed by atoms with Crippen LogP contribution in [0.3, 0.4) is 0 Å². The van der Waals surface area contributed by atoms with Crippen LogP contribution >= 0.6 is 11.3 Å². The van der Waals surface area contributed by atoms with E-state index in [-0.39, 0.29) is 24.1 Å². The number of rotatable bonds is 6. The van der Waals surface area contributed by atoms with Gasteiger partial charge in [-0.25, -0.2) is 4.79 Å². The Morgan fingerprint density at radius 2 is 1.52 bits per heavy atom. The molecule has 3 N–H and O–H groups in total. The van der Waals surface area contributed by atoms with E-state index in [9.17, 15) is 19.2 Å². The number of hydrogen-bond donors (Lipinski definition) is 2. The van der Waals surface area contributed by atoms with Crippen molar-refractivity contribution in [3.63, 3.8) is 0 Å². The second-order valence-corrected chi connectivity index (χ2v) is 11.4. The summed E-state index contributed by atoms with van der Waals surface area (Å²) in [6, 6.07) is 20.8. The first-order chi connectivity index (χ1) is 19.0. The third kappa shape index (κ3) is 5.11. The van der Waals surface area contributed by atoms with E-state index in [4.69, 9.17) is 10.5 Å². The van der Waals surface area contributed by atoms with Crippen LogP contribution in [0.2, 0.25) is 0 Å². The molecule has 0 bridgehead atoms. The maximum atomic E-state index is 13.4. The molecule has 8 nitrogen and oxygen atoms in total. The highest BCUT2D eigenvalue weighted by Crippen LogP contribution is 2.44. The number of primary amides is 1. The third-order valence-corrected chi connectivity index (χ3v) is 7.49. The van der Waals surface area contributed by atoms with Gasteiger partial charge in [0.1, 0.15) is 0 Å². The van der Waals surface area contributed by atoms with Crippen LogP contribution in [-0.4, -0.2) is 28.7 Å². The topological polar surface area (TPSA) is 119 Å². The molecule has 1 aliphatic rings. The Balaban J connectivity index is 1.43. The van der Waals surface area contributed by atoms with Gasteiger partial charge in [-0.1, -0.05) is 51.1 Å². The first-order valence-corrected chi connectivity index (χ1v) is 13.5. The number of hydrogen-bond acceptors (Lipinski definition) is 6. The summed E-state index contributed by atoms with van der Waals surface area (Å²) in [6.07, 6.45) is -0.989. The van der Waals surface area contributed by atoms with Crippen LogP contribution in [0.5, 0.6) is 5.75 Å². The second kappa shape index (κ2) is 10.4. The molecule has 40 heavy (non-hydrogen) atoms. The molecule has 0 unspecified atom stereocenters. The Labute approximate surface area is 235 Å². The summed E-state index contributed by atoms with van der Waals surface area (Å²) in [7, 11) is 0. The number of thiophene rings is 1. The van der Waals surface area contributed by atoms with Crippen LogP contribution in [0.4, 0.5) is 10.5 Å². The fraction of sp³-hybridized carbons (Fsp3) is 0.161. The number of carbonyl (C=O) groups excluding carboxylic acids is 4. The van der Waals surface area contributed by atoms with Gasteiger partial charge >= 0.3 is 6.09 Å². The number of imide groups is 1. The van der Waals surface area contributed by atoms with Gasteiger partial charge in [0, 0.05) is 10.4 Å². The number of nitrogens with one attached hydrogen (secondary N) is 1. The normalized spacial score (nSPS) is 12.8. The highest BCUT2D eigenvalue weighted by molar-refractivity contribution is 7.13. The highest BCUT2D eigenvalue weighted by atomic mass is 32.1. The number of anilines is 1. The lowest BCUT2D eigenvalue weighted by molar-refractivity contribution is 0.0641. The van der Waals surface area contributed by atoms with Gasteiger partial charge in [0.25, 0.3) is 17.7 Å². The standard InChI is InChI=1S/C31H27N3O5S/c1-31(2,3)25-22(24-9-6-16-40-24)14-15-23(39-30(32)38)26(25)33-27(35)19-12-10-18(11-13-19)17-34-28(36)20-7-4-5-8-21(20)29(34)37/h4-16H,17H2,1-3H3,(H2,32,38)(H,33,35). The molecule has 0 aliphatic carbocycles. The molecular weight excluding hydrogens is 526 g/mol. The first-order valence-electron chi connectivity index (χ1n) is 12.6. The van der Waals surface area contributed by atoms with Gasteiger partial charge in [-0.15, -0.1) is 11.3 Å². The van der Waals surface area contributed by atoms with Gasteiger partial charge in [0.15, 0.2) is 5.75 Å². The first kappa shape index (κ1) is 26.8. The van der Waals surface area contributed by atoms with Crippen molar-refractivity contribution in [1.82, 2.24) is 4.90 Å². The zero-order valence-corrected chi connectivity index (χ0v) is 23.0. The molecule has 0 saturated heterocycles. The van der Waals surface area contributed by atoms with Gasteiger partial charge in [0.2, 0.25) is 0 Å². The fourth-order valence-corrected chi connectivity index (χ4v) is 5.59. The van der Waals surface area contributed by atoms with E-state index in [1.807, 2.05) is 44.4 Å². The Bertz CT molecular complexity index is 1600. The van der Waals surface area contributed by atoms with E-state index in [2.05, 4.69) is 5.32 Å². The Hall–Kier alpha value is -4.76. The summed E-state index contributed by atoms with van der Waals surface area (Å²) < 4.78 is 5.29. The zero-order valence-electron chi connectivity index (χ0n) is 22.2. The van der Waals surface area contributed by atoms with Gasteiger partial charge < -0.3 is 15.8 Å². The number of fused-ring (bicyclic) bond motifs is 1.